The number of methoxy groups -OCH3 is 1. The van der Waals surface area contributed by atoms with Crippen molar-refractivity contribution >= 4 is 17.3 Å². The van der Waals surface area contributed by atoms with Crippen LogP contribution in [0.15, 0.2) is 35.6 Å². The molecule has 2 heterocycles. The normalized spacial score (nSPS) is 17.2. The zero-order chi connectivity index (χ0) is 18.7. The molecule has 1 aliphatic rings. The van der Waals surface area contributed by atoms with Crippen molar-refractivity contribution < 1.29 is 22.7 Å². The van der Waals surface area contributed by atoms with Gasteiger partial charge in [0, 0.05) is 13.7 Å². The standard InChI is InChI=1S/C16H16F3N5O2/c1-26-6-5-20-11-8-21-22-13(11)14-12(15(25)24-23-14)9-3-2-4-10(7-9)16(17,18)19/h2-4,7-8,12,20H,5-6H2,1H3,(H,21,22)(H,24,25). The van der Waals surface area contributed by atoms with Crippen LogP contribution in [0.25, 0.3) is 0 Å². The fourth-order valence-electron chi connectivity index (χ4n) is 2.68. The van der Waals surface area contributed by atoms with E-state index in [2.05, 4.69) is 26.0 Å². The smallest absolute Gasteiger partial charge is 0.383 e. The van der Waals surface area contributed by atoms with Gasteiger partial charge in [-0.15, -0.1) is 0 Å². The first kappa shape index (κ1) is 17.9. The SMILES string of the molecule is COCCNc1cn[nH]c1C1=NNC(=O)C1c1cccc(C(F)(F)F)c1. The molecule has 10 heteroatoms. The van der Waals surface area contributed by atoms with Crippen molar-refractivity contribution in [2.75, 3.05) is 25.6 Å². The van der Waals surface area contributed by atoms with Crippen molar-refractivity contribution in [2.24, 2.45) is 5.10 Å². The third-order valence-corrected chi connectivity index (χ3v) is 3.89. The van der Waals surface area contributed by atoms with E-state index >= 15 is 0 Å². The number of hydrogen-bond donors (Lipinski definition) is 3. The van der Waals surface area contributed by atoms with Crippen molar-refractivity contribution in [1.29, 1.82) is 0 Å². The van der Waals surface area contributed by atoms with Crippen molar-refractivity contribution in [3.8, 4) is 0 Å². The van der Waals surface area contributed by atoms with Crippen LogP contribution in [-0.4, -0.2) is 42.1 Å². The number of amides is 1. The molecule has 0 aliphatic carbocycles. The van der Waals surface area contributed by atoms with E-state index in [4.69, 9.17) is 4.74 Å². The Morgan fingerprint density at radius 3 is 2.88 bits per heavy atom. The lowest BCUT2D eigenvalue weighted by atomic mass is 9.91. The van der Waals surface area contributed by atoms with Gasteiger partial charge in [0.1, 0.15) is 17.3 Å². The van der Waals surface area contributed by atoms with Crippen LogP contribution in [0, 0.1) is 0 Å². The van der Waals surface area contributed by atoms with Crippen LogP contribution in [0.4, 0.5) is 18.9 Å². The number of halogens is 3. The van der Waals surface area contributed by atoms with Crippen molar-refractivity contribution in [3.63, 3.8) is 0 Å². The molecule has 1 aromatic heterocycles. The van der Waals surface area contributed by atoms with Gasteiger partial charge in [-0.05, 0) is 11.6 Å². The van der Waals surface area contributed by atoms with Crippen LogP contribution in [0.1, 0.15) is 22.7 Å². The molecule has 0 bridgehead atoms. The number of benzene rings is 1. The van der Waals surface area contributed by atoms with E-state index in [1.165, 1.54) is 18.3 Å². The van der Waals surface area contributed by atoms with Crippen LogP contribution < -0.4 is 10.7 Å². The predicted molar refractivity (Wildman–Crippen MR) is 87.8 cm³/mol. The number of hydrogen-bond acceptors (Lipinski definition) is 5. The molecule has 0 saturated carbocycles. The summed E-state index contributed by atoms with van der Waals surface area (Å²) < 4.78 is 43.9. The second kappa shape index (κ2) is 7.16. The topological polar surface area (TPSA) is 91.4 Å². The maximum absolute atomic E-state index is 13.0. The van der Waals surface area contributed by atoms with Crippen LogP contribution in [0.2, 0.25) is 0 Å². The summed E-state index contributed by atoms with van der Waals surface area (Å²) in [5.41, 5.74) is 2.99. The number of alkyl halides is 3. The first-order valence-electron chi connectivity index (χ1n) is 7.73. The summed E-state index contributed by atoms with van der Waals surface area (Å²) in [6, 6.07) is 4.65. The molecule has 1 unspecified atom stereocenters. The van der Waals surface area contributed by atoms with E-state index in [0.717, 1.165) is 12.1 Å². The van der Waals surface area contributed by atoms with Crippen LogP contribution in [0.5, 0.6) is 0 Å². The number of hydrazone groups is 1. The number of ether oxygens (including phenoxy) is 1. The van der Waals surface area contributed by atoms with E-state index in [1.807, 2.05) is 0 Å². The average Bonchev–Trinajstić information content (AvgIpc) is 3.20. The Bertz CT molecular complexity index is 831. The van der Waals surface area contributed by atoms with Crippen molar-refractivity contribution in [3.05, 3.63) is 47.3 Å². The first-order valence-corrected chi connectivity index (χ1v) is 7.73. The molecule has 0 radical (unpaired) electrons. The number of H-pyrrole nitrogens is 1. The van der Waals surface area contributed by atoms with E-state index in [0.29, 0.717) is 24.5 Å². The third-order valence-electron chi connectivity index (χ3n) is 3.89. The Kier molecular flexibility index (Phi) is 4.94. The van der Waals surface area contributed by atoms with E-state index in [-0.39, 0.29) is 11.3 Å². The van der Waals surface area contributed by atoms with Gasteiger partial charge < -0.3 is 10.1 Å². The molecule has 0 spiro atoms. The van der Waals surface area contributed by atoms with Gasteiger partial charge in [0.2, 0.25) is 0 Å². The summed E-state index contributed by atoms with van der Waals surface area (Å²) in [5, 5.41) is 13.7. The second-order valence-corrected chi connectivity index (χ2v) is 5.61. The molecule has 138 valence electrons. The summed E-state index contributed by atoms with van der Waals surface area (Å²) in [6.45, 7) is 0.942. The molecule has 1 atom stereocenters. The molecule has 1 aliphatic heterocycles. The van der Waals surface area contributed by atoms with Crippen LogP contribution >= 0.6 is 0 Å². The molecular weight excluding hydrogens is 351 g/mol. The van der Waals surface area contributed by atoms with Gasteiger partial charge in [-0.3, -0.25) is 9.89 Å². The van der Waals surface area contributed by atoms with Crippen LogP contribution in [-0.2, 0) is 15.7 Å². The maximum Gasteiger partial charge on any atom is 0.416 e. The number of carbonyl (C=O) groups is 1. The number of carbonyl (C=O) groups excluding carboxylic acids is 1. The molecule has 0 fully saturated rings. The lowest BCUT2D eigenvalue weighted by Crippen LogP contribution is -2.23. The third kappa shape index (κ3) is 3.54. The summed E-state index contributed by atoms with van der Waals surface area (Å²) >= 11 is 0. The molecule has 1 amide bonds. The Morgan fingerprint density at radius 1 is 1.35 bits per heavy atom. The van der Waals surface area contributed by atoms with Gasteiger partial charge in [-0.2, -0.15) is 23.4 Å². The monoisotopic (exact) mass is 367 g/mol. The Hall–Kier alpha value is -2.88. The van der Waals surface area contributed by atoms with Gasteiger partial charge in [0.25, 0.3) is 5.91 Å². The molecule has 7 nitrogen and oxygen atoms in total. The minimum Gasteiger partial charge on any atom is -0.383 e. The predicted octanol–water partition coefficient (Wildman–Crippen LogP) is 2.10. The number of rotatable bonds is 6. The molecule has 3 rings (SSSR count). The van der Waals surface area contributed by atoms with Gasteiger partial charge in [-0.25, -0.2) is 5.43 Å². The highest BCUT2D eigenvalue weighted by Gasteiger charge is 2.37. The Balaban J connectivity index is 1.92. The van der Waals surface area contributed by atoms with Gasteiger partial charge in [0.15, 0.2) is 0 Å². The molecule has 3 N–H and O–H groups in total. The van der Waals surface area contributed by atoms with Gasteiger partial charge >= 0.3 is 6.18 Å². The largest absolute Gasteiger partial charge is 0.416 e. The summed E-state index contributed by atoms with van der Waals surface area (Å²) in [4.78, 5) is 12.2. The summed E-state index contributed by atoms with van der Waals surface area (Å²) in [5.74, 6) is -1.47. The fourth-order valence-corrected chi connectivity index (χ4v) is 2.68. The van der Waals surface area contributed by atoms with E-state index in [9.17, 15) is 18.0 Å². The Labute approximate surface area is 146 Å². The lowest BCUT2D eigenvalue weighted by Gasteiger charge is -2.14. The number of anilines is 1. The highest BCUT2D eigenvalue weighted by molar-refractivity contribution is 6.21. The zero-order valence-corrected chi connectivity index (χ0v) is 13.7. The van der Waals surface area contributed by atoms with Crippen molar-refractivity contribution in [2.45, 2.75) is 12.1 Å². The average molecular weight is 367 g/mol. The summed E-state index contributed by atoms with van der Waals surface area (Å²) in [6.07, 6.45) is -2.98. The number of aromatic amines is 1. The second-order valence-electron chi connectivity index (χ2n) is 5.61. The minimum atomic E-state index is -4.50. The minimum absolute atomic E-state index is 0.200. The first-order chi connectivity index (χ1) is 12.4. The Morgan fingerprint density at radius 2 is 2.15 bits per heavy atom. The van der Waals surface area contributed by atoms with Gasteiger partial charge in [0.05, 0.1) is 24.1 Å². The number of nitrogens with zero attached hydrogens (tertiary/aromatic N) is 2. The molecule has 2 aromatic rings. The highest BCUT2D eigenvalue weighted by Crippen LogP contribution is 2.33. The number of aromatic nitrogens is 2. The summed E-state index contributed by atoms with van der Waals surface area (Å²) in [7, 11) is 1.56. The van der Waals surface area contributed by atoms with Crippen molar-refractivity contribution in [1.82, 2.24) is 15.6 Å². The van der Waals surface area contributed by atoms with Crippen LogP contribution in [0.3, 0.4) is 0 Å². The molecule has 26 heavy (non-hydrogen) atoms. The van der Waals surface area contributed by atoms with E-state index in [1.54, 1.807) is 7.11 Å². The zero-order valence-electron chi connectivity index (χ0n) is 13.7. The van der Waals surface area contributed by atoms with E-state index < -0.39 is 23.6 Å². The highest BCUT2D eigenvalue weighted by atomic mass is 19.4. The maximum atomic E-state index is 13.0. The lowest BCUT2D eigenvalue weighted by molar-refractivity contribution is -0.137. The fraction of sp³-hybridized carbons (Fsp3) is 0.312. The molecular formula is C16H16F3N5O2. The molecule has 0 saturated heterocycles. The number of nitrogens with one attached hydrogen (secondary N) is 3. The molecule has 1 aromatic carbocycles. The van der Waals surface area contributed by atoms with Gasteiger partial charge in [-0.1, -0.05) is 18.2 Å². The quantitative estimate of drug-likeness (QED) is 0.682.